The largest absolute Gasteiger partial charge is 0.307 e. The Labute approximate surface area is 230 Å². The van der Waals surface area contributed by atoms with E-state index in [0.717, 1.165) is 34.7 Å². The van der Waals surface area contributed by atoms with Gasteiger partial charge in [-0.2, -0.15) is 5.10 Å². The average Bonchev–Trinajstić information content (AvgIpc) is 3.76. The summed E-state index contributed by atoms with van der Waals surface area (Å²) < 4.78 is 0. The van der Waals surface area contributed by atoms with Crippen LogP contribution in [0.3, 0.4) is 0 Å². The number of thiazole rings is 1. The molecular weight excluding hydrogens is 507 g/mol. The van der Waals surface area contributed by atoms with E-state index in [2.05, 4.69) is 94.9 Å². The predicted octanol–water partition coefficient (Wildman–Crippen LogP) is 7.44. The summed E-state index contributed by atoms with van der Waals surface area (Å²) in [6, 6.07) is 30.5. The summed E-state index contributed by atoms with van der Waals surface area (Å²) in [7, 11) is 0. The van der Waals surface area contributed by atoms with Gasteiger partial charge in [0, 0.05) is 22.5 Å². The standard InChI is InChI=1S/C32H29N3OS2/c36-32-33-31-30(38-32)27(28-22-11-12-23(17-22)29(28)37-31)21-13-15-24(16-14-21)35-26(20-9-5-2-6-10-20)18-25(34-35)19-7-3-1-4-8-19/h1-10,13-16,22-23,26-29H,11-12,17-18H2,(H,33,36)/t22-,23-,26+,27+,28+,29+/m0/s1. The summed E-state index contributed by atoms with van der Waals surface area (Å²) in [4.78, 5) is 16.9. The topological polar surface area (TPSA) is 48.5 Å². The van der Waals surface area contributed by atoms with E-state index in [4.69, 9.17) is 5.10 Å². The Bertz CT molecular complexity index is 1560. The van der Waals surface area contributed by atoms with Crippen LogP contribution >= 0.6 is 23.1 Å². The molecule has 1 aromatic heterocycles. The zero-order chi connectivity index (χ0) is 25.2. The molecule has 0 radical (unpaired) electrons. The summed E-state index contributed by atoms with van der Waals surface area (Å²) >= 11 is 3.39. The molecule has 6 heteroatoms. The van der Waals surface area contributed by atoms with Crippen LogP contribution in [0, 0.1) is 17.8 Å². The number of anilines is 1. The van der Waals surface area contributed by atoms with Gasteiger partial charge in [0.2, 0.25) is 0 Å². The third-order valence-corrected chi connectivity index (χ3v) is 11.8. The molecule has 6 atom stereocenters. The predicted molar refractivity (Wildman–Crippen MR) is 156 cm³/mol. The Hall–Kier alpha value is -3.09. The van der Waals surface area contributed by atoms with E-state index in [9.17, 15) is 4.79 Å². The van der Waals surface area contributed by atoms with Crippen molar-refractivity contribution in [3.63, 3.8) is 0 Å². The first-order chi connectivity index (χ1) is 18.7. The van der Waals surface area contributed by atoms with E-state index < -0.39 is 0 Å². The summed E-state index contributed by atoms with van der Waals surface area (Å²) in [5.41, 5.74) is 6.05. The lowest BCUT2D eigenvalue weighted by Crippen LogP contribution is -2.33. The van der Waals surface area contributed by atoms with Crippen LogP contribution in [-0.4, -0.2) is 15.9 Å². The maximum atomic E-state index is 12.4. The maximum absolute atomic E-state index is 12.4. The molecule has 0 saturated heterocycles. The van der Waals surface area contributed by atoms with Gasteiger partial charge in [-0.15, -0.1) is 11.8 Å². The number of nitrogens with one attached hydrogen (secondary N) is 1. The van der Waals surface area contributed by atoms with E-state index in [-0.39, 0.29) is 10.9 Å². The monoisotopic (exact) mass is 535 g/mol. The number of hydrogen-bond donors (Lipinski definition) is 1. The number of rotatable bonds is 4. The van der Waals surface area contributed by atoms with E-state index in [1.807, 2.05) is 11.8 Å². The number of fused-ring (bicyclic) bond motifs is 6. The van der Waals surface area contributed by atoms with Gasteiger partial charge in [0.05, 0.1) is 22.5 Å². The SMILES string of the molecule is O=c1[nH]c2c(s1)[C@H](c1ccc(N3N=C(c4ccccc4)C[C@@H]3c3ccccc3)cc1)[C@H]1[C@H]3CC[C@@H](C3)[C@H]1S2. The molecular formula is C32H29N3OS2. The molecule has 3 heterocycles. The Morgan fingerprint density at radius 2 is 1.58 bits per heavy atom. The number of aromatic nitrogens is 1. The van der Waals surface area contributed by atoms with Crippen LogP contribution in [0.5, 0.6) is 0 Å². The van der Waals surface area contributed by atoms with Crippen molar-refractivity contribution >= 4 is 34.5 Å². The number of nitrogens with zero attached hydrogens (tertiary/aromatic N) is 2. The molecule has 2 fully saturated rings. The third-order valence-electron chi connectivity index (χ3n) is 9.18. The molecule has 2 saturated carbocycles. The second-order valence-corrected chi connectivity index (χ2v) is 13.4. The quantitative estimate of drug-likeness (QED) is 0.295. The van der Waals surface area contributed by atoms with Crippen LogP contribution in [0.2, 0.25) is 0 Å². The van der Waals surface area contributed by atoms with E-state index in [1.165, 1.54) is 52.2 Å². The molecule has 0 amide bonds. The van der Waals surface area contributed by atoms with Gasteiger partial charge in [0.25, 0.3) is 0 Å². The third kappa shape index (κ3) is 3.64. The average molecular weight is 536 g/mol. The number of thioether (sulfide) groups is 1. The van der Waals surface area contributed by atoms with Gasteiger partial charge in [-0.3, -0.25) is 9.80 Å². The fourth-order valence-electron chi connectivity index (χ4n) is 7.55. The lowest BCUT2D eigenvalue weighted by atomic mass is 9.75. The Balaban J connectivity index is 1.17. The van der Waals surface area contributed by atoms with Crippen molar-refractivity contribution in [3.05, 3.63) is 116 Å². The Kier molecular flexibility index (Phi) is 5.41. The van der Waals surface area contributed by atoms with Crippen molar-refractivity contribution in [2.75, 3.05) is 5.01 Å². The molecule has 2 aliphatic heterocycles. The Morgan fingerprint density at radius 3 is 2.37 bits per heavy atom. The number of hydrogen-bond acceptors (Lipinski definition) is 5. The van der Waals surface area contributed by atoms with Crippen LogP contribution in [0.25, 0.3) is 0 Å². The zero-order valence-electron chi connectivity index (χ0n) is 21.0. The minimum Gasteiger partial charge on any atom is -0.307 e. The van der Waals surface area contributed by atoms with Gasteiger partial charge in [-0.25, -0.2) is 0 Å². The van der Waals surface area contributed by atoms with Crippen molar-refractivity contribution in [1.82, 2.24) is 4.98 Å². The van der Waals surface area contributed by atoms with Crippen molar-refractivity contribution in [3.8, 4) is 0 Å². The summed E-state index contributed by atoms with van der Waals surface area (Å²) in [6.07, 6.45) is 4.94. The van der Waals surface area contributed by atoms with Crippen LogP contribution < -0.4 is 9.88 Å². The molecule has 4 aliphatic rings. The number of H-pyrrole nitrogens is 1. The fourth-order valence-corrected chi connectivity index (χ4v) is 10.4. The minimum atomic E-state index is 0.0852. The number of benzene rings is 3. The van der Waals surface area contributed by atoms with E-state index >= 15 is 0 Å². The molecule has 2 bridgehead atoms. The number of aromatic amines is 1. The lowest BCUT2D eigenvalue weighted by Gasteiger charge is -2.40. The first-order valence-corrected chi connectivity index (χ1v) is 15.4. The minimum absolute atomic E-state index is 0.0852. The van der Waals surface area contributed by atoms with Crippen molar-refractivity contribution in [2.45, 2.75) is 47.9 Å². The fraction of sp³-hybridized carbons (Fsp3) is 0.312. The summed E-state index contributed by atoms with van der Waals surface area (Å²) in [6.45, 7) is 0. The highest BCUT2D eigenvalue weighted by molar-refractivity contribution is 8.00. The number of hydrazone groups is 1. The molecule has 8 rings (SSSR count). The summed E-state index contributed by atoms with van der Waals surface area (Å²) in [5.74, 6) is 2.54. The summed E-state index contributed by atoms with van der Waals surface area (Å²) in [5, 5.41) is 9.12. The molecule has 190 valence electrons. The normalized spacial score (nSPS) is 29.3. The van der Waals surface area contributed by atoms with Gasteiger partial charge in [0.15, 0.2) is 0 Å². The molecule has 2 aliphatic carbocycles. The first kappa shape index (κ1) is 22.9. The van der Waals surface area contributed by atoms with E-state index in [0.29, 0.717) is 17.1 Å². The molecule has 0 unspecified atom stereocenters. The zero-order valence-corrected chi connectivity index (χ0v) is 22.6. The molecule has 1 N–H and O–H groups in total. The second kappa shape index (κ2) is 8.99. The molecule has 0 spiro atoms. The smallest absolute Gasteiger partial charge is 0.305 e. The highest BCUT2D eigenvalue weighted by Gasteiger charge is 2.54. The lowest BCUT2D eigenvalue weighted by molar-refractivity contribution is 0.307. The highest BCUT2D eigenvalue weighted by Crippen LogP contribution is 2.63. The van der Waals surface area contributed by atoms with Crippen LogP contribution in [0.15, 0.2) is 99.9 Å². The molecule has 4 aromatic rings. The molecule has 4 nitrogen and oxygen atoms in total. The van der Waals surface area contributed by atoms with Crippen molar-refractivity contribution in [2.24, 2.45) is 22.9 Å². The molecule has 38 heavy (non-hydrogen) atoms. The van der Waals surface area contributed by atoms with Crippen molar-refractivity contribution in [1.29, 1.82) is 0 Å². The van der Waals surface area contributed by atoms with Crippen LogP contribution in [0.1, 0.15) is 59.2 Å². The van der Waals surface area contributed by atoms with Crippen LogP contribution in [-0.2, 0) is 0 Å². The highest BCUT2D eigenvalue weighted by atomic mass is 32.2. The van der Waals surface area contributed by atoms with Gasteiger partial charge >= 0.3 is 4.87 Å². The van der Waals surface area contributed by atoms with Gasteiger partial charge in [-0.1, -0.05) is 84.1 Å². The van der Waals surface area contributed by atoms with Gasteiger partial charge in [-0.05, 0) is 65.8 Å². The molecule has 3 aromatic carbocycles. The first-order valence-electron chi connectivity index (χ1n) is 13.7. The van der Waals surface area contributed by atoms with Gasteiger partial charge in [0.1, 0.15) is 0 Å². The Morgan fingerprint density at radius 1 is 0.842 bits per heavy atom. The van der Waals surface area contributed by atoms with Gasteiger partial charge < -0.3 is 4.98 Å². The second-order valence-electron chi connectivity index (χ2n) is 11.2. The van der Waals surface area contributed by atoms with Crippen molar-refractivity contribution < 1.29 is 0 Å². The van der Waals surface area contributed by atoms with Crippen LogP contribution in [0.4, 0.5) is 5.69 Å². The maximum Gasteiger partial charge on any atom is 0.305 e. The van der Waals surface area contributed by atoms with E-state index in [1.54, 1.807) is 0 Å².